The van der Waals surface area contributed by atoms with Crippen LogP contribution in [0.3, 0.4) is 0 Å². The molecule has 128 valence electrons. The minimum Gasteiger partial charge on any atom is -0.317 e. The maximum Gasteiger partial charge on any atom is 0.212 e. The lowest BCUT2D eigenvalue weighted by molar-refractivity contribution is 0.454. The van der Waals surface area contributed by atoms with E-state index < -0.39 is 0 Å². The van der Waals surface area contributed by atoms with Gasteiger partial charge in [0.2, 0.25) is 4.96 Å². The fourth-order valence-corrected chi connectivity index (χ4v) is 4.53. The molecule has 0 amide bonds. The Kier molecular flexibility index (Phi) is 3.39. The Morgan fingerprint density at radius 2 is 1.96 bits per heavy atom. The number of nitrogens with zero attached hydrogens (tertiary/aromatic N) is 5. The number of rotatable bonds is 2. The Labute approximate surface area is 149 Å². The normalized spacial score (nSPS) is 16.2. The molecule has 1 aliphatic rings. The highest BCUT2D eigenvalue weighted by molar-refractivity contribution is 7.19. The first-order chi connectivity index (χ1) is 12.2. The molecule has 0 unspecified atom stereocenters. The molecule has 1 saturated heterocycles. The number of pyridine rings is 1. The van der Waals surface area contributed by atoms with E-state index in [1.54, 1.807) is 11.3 Å². The lowest BCUT2D eigenvalue weighted by Gasteiger charge is -2.20. The highest BCUT2D eigenvalue weighted by Crippen LogP contribution is 2.30. The van der Waals surface area contributed by atoms with Gasteiger partial charge in [-0.25, -0.2) is 14.5 Å². The number of fused-ring (bicyclic) bond motifs is 2. The van der Waals surface area contributed by atoms with Crippen LogP contribution in [0.5, 0.6) is 0 Å². The fraction of sp³-hybridized carbons (Fsp3) is 0.389. The fourth-order valence-electron chi connectivity index (χ4n) is 3.66. The summed E-state index contributed by atoms with van der Waals surface area (Å²) in [7, 11) is 0. The number of aromatic nitrogens is 5. The van der Waals surface area contributed by atoms with E-state index in [2.05, 4.69) is 46.3 Å². The van der Waals surface area contributed by atoms with Gasteiger partial charge in [-0.05, 0) is 51.4 Å². The number of piperidine rings is 1. The Morgan fingerprint density at radius 1 is 1.12 bits per heavy atom. The van der Waals surface area contributed by atoms with Crippen molar-refractivity contribution in [3.05, 3.63) is 41.6 Å². The average molecular weight is 352 g/mol. The Hall–Kier alpha value is -2.25. The van der Waals surface area contributed by atoms with Crippen LogP contribution in [0.2, 0.25) is 0 Å². The summed E-state index contributed by atoms with van der Waals surface area (Å²) in [6.45, 7) is 6.28. The van der Waals surface area contributed by atoms with E-state index in [0.717, 1.165) is 58.4 Å². The highest BCUT2D eigenvalue weighted by Gasteiger charge is 2.20. The van der Waals surface area contributed by atoms with Crippen molar-refractivity contribution in [2.45, 2.75) is 32.6 Å². The van der Waals surface area contributed by atoms with Crippen molar-refractivity contribution in [1.82, 2.24) is 29.3 Å². The summed E-state index contributed by atoms with van der Waals surface area (Å²) >= 11 is 1.65. The van der Waals surface area contributed by atoms with Crippen LogP contribution in [0.25, 0.3) is 21.2 Å². The monoisotopic (exact) mass is 352 g/mol. The summed E-state index contributed by atoms with van der Waals surface area (Å²) in [4.78, 5) is 10.4. The van der Waals surface area contributed by atoms with Gasteiger partial charge in [0.25, 0.3) is 0 Å². The maximum atomic E-state index is 4.84. The van der Waals surface area contributed by atoms with Gasteiger partial charge in [0.15, 0.2) is 0 Å². The number of aryl methyl sites for hydroxylation is 2. The van der Waals surface area contributed by atoms with Gasteiger partial charge in [0.05, 0.1) is 17.6 Å². The third-order valence-electron chi connectivity index (χ3n) is 4.92. The third-order valence-corrected chi connectivity index (χ3v) is 5.89. The van der Waals surface area contributed by atoms with Crippen molar-refractivity contribution in [2.75, 3.05) is 13.1 Å². The topological polar surface area (TPSA) is 59.5 Å². The quantitative estimate of drug-likeness (QED) is 0.602. The molecule has 25 heavy (non-hydrogen) atoms. The van der Waals surface area contributed by atoms with E-state index in [4.69, 9.17) is 10.1 Å². The van der Waals surface area contributed by atoms with Crippen LogP contribution in [0.15, 0.2) is 24.7 Å². The zero-order valence-corrected chi connectivity index (χ0v) is 15.2. The van der Waals surface area contributed by atoms with E-state index in [1.807, 2.05) is 11.4 Å². The average Bonchev–Trinajstić information content (AvgIpc) is 3.27. The molecule has 6 nitrogen and oxygen atoms in total. The Balaban J connectivity index is 1.53. The van der Waals surface area contributed by atoms with Crippen molar-refractivity contribution in [3.8, 4) is 10.6 Å². The van der Waals surface area contributed by atoms with Crippen molar-refractivity contribution in [3.63, 3.8) is 0 Å². The van der Waals surface area contributed by atoms with Gasteiger partial charge in [-0.3, -0.25) is 0 Å². The Morgan fingerprint density at radius 3 is 2.76 bits per heavy atom. The second kappa shape index (κ2) is 5.64. The van der Waals surface area contributed by atoms with Gasteiger partial charge >= 0.3 is 0 Å². The van der Waals surface area contributed by atoms with Crippen molar-refractivity contribution >= 4 is 21.9 Å². The molecule has 0 saturated carbocycles. The molecule has 0 spiro atoms. The summed E-state index contributed by atoms with van der Waals surface area (Å²) in [5.41, 5.74) is 5.50. The van der Waals surface area contributed by atoms with Crippen LogP contribution in [-0.2, 0) is 0 Å². The molecule has 0 aromatic carbocycles. The van der Waals surface area contributed by atoms with Crippen LogP contribution in [0.4, 0.5) is 0 Å². The molecule has 4 aromatic rings. The Bertz CT molecular complexity index is 1030. The number of nitrogens with one attached hydrogen (secondary N) is 1. The standard InChI is InChI=1S/C18H20N6S/c1-11-7-14(9-23-8-12(2)20-16(11)23)17-22-24-10-15(21-18(24)25-17)13-3-5-19-6-4-13/h7-10,13,19H,3-6H2,1-2H3. The van der Waals surface area contributed by atoms with Gasteiger partial charge in [0.1, 0.15) is 10.7 Å². The van der Waals surface area contributed by atoms with Crippen LogP contribution < -0.4 is 5.32 Å². The maximum absolute atomic E-state index is 4.84. The molecule has 5 rings (SSSR count). The first-order valence-corrected chi connectivity index (χ1v) is 9.52. The highest BCUT2D eigenvalue weighted by atomic mass is 32.1. The molecule has 1 fully saturated rings. The van der Waals surface area contributed by atoms with Crippen molar-refractivity contribution in [2.24, 2.45) is 0 Å². The lowest BCUT2D eigenvalue weighted by Crippen LogP contribution is -2.26. The predicted octanol–water partition coefficient (Wildman–Crippen LogP) is 3.19. The third kappa shape index (κ3) is 2.54. The van der Waals surface area contributed by atoms with Gasteiger partial charge in [-0.2, -0.15) is 5.10 Å². The van der Waals surface area contributed by atoms with Gasteiger partial charge in [-0.15, -0.1) is 0 Å². The summed E-state index contributed by atoms with van der Waals surface area (Å²) in [5, 5.41) is 9.18. The van der Waals surface area contributed by atoms with Crippen LogP contribution in [-0.4, -0.2) is 37.1 Å². The second-order valence-electron chi connectivity index (χ2n) is 6.85. The van der Waals surface area contributed by atoms with E-state index in [1.165, 1.54) is 5.69 Å². The molecule has 4 aromatic heterocycles. The predicted molar refractivity (Wildman–Crippen MR) is 99.4 cm³/mol. The molecule has 0 aliphatic carbocycles. The largest absolute Gasteiger partial charge is 0.317 e. The number of hydrogen-bond donors (Lipinski definition) is 1. The summed E-state index contributed by atoms with van der Waals surface area (Å²) in [6, 6.07) is 2.16. The van der Waals surface area contributed by atoms with Crippen molar-refractivity contribution < 1.29 is 0 Å². The van der Waals surface area contributed by atoms with Gasteiger partial charge in [0, 0.05) is 23.9 Å². The molecule has 7 heteroatoms. The molecule has 5 heterocycles. The molecular weight excluding hydrogens is 332 g/mol. The van der Waals surface area contributed by atoms with E-state index in [0.29, 0.717) is 5.92 Å². The number of hydrogen-bond acceptors (Lipinski definition) is 5. The first-order valence-electron chi connectivity index (χ1n) is 8.70. The smallest absolute Gasteiger partial charge is 0.212 e. The summed E-state index contributed by atoms with van der Waals surface area (Å²) < 4.78 is 4.03. The molecule has 0 radical (unpaired) electrons. The van der Waals surface area contributed by atoms with Crippen molar-refractivity contribution in [1.29, 1.82) is 0 Å². The SMILES string of the molecule is Cc1cn2cc(-c3nn4cc(C5CCNCC5)nc4s3)cc(C)c2n1. The zero-order valence-electron chi connectivity index (χ0n) is 14.4. The minimum absolute atomic E-state index is 0.561. The minimum atomic E-state index is 0.561. The van der Waals surface area contributed by atoms with Crippen LogP contribution in [0.1, 0.15) is 35.7 Å². The zero-order chi connectivity index (χ0) is 17.0. The van der Waals surface area contributed by atoms with Gasteiger partial charge < -0.3 is 9.72 Å². The second-order valence-corrected chi connectivity index (χ2v) is 7.81. The first kappa shape index (κ1) is 15.0. The van der Waals surface area contributed by atoms with E-state index in [9.17, 15) is 0 Å². The molecule has 0 bridgehead atoms. The van der Waals surface area contributed by atoms with E-state index in [-0.39, 0.29) is 0 Å². The van der Waals surface area contributed by atoms with Crippen LogP contribution in [0, 0.1) is 13.8 Å². The van der Waals surface area contributed by atoms with Crippen LogP contribution >= 0.6 is 11.3 Å². The number of imidazole rings is 2. The molecule has 0 atom stereocenters. The molecule has 1 aliphatic heterocycles. The summed E-state index contributed by atoms with van der Waals surface area (Å²) in [6.07, 6.45) is 8.59. The lowest BCUT2D eigenvalue weighted by atomic mass is 9.95. The summed E-state index contributed by atoms with van der Waals surface area (Å²) in [5.74, 6) is 0.561. The van der Waals surface area contributed by atoms with E-state index >= 15 is 0 Å². The molecule has 1 N–H and O–H groups in total. The van der Waals surface area contributed by atoms with Gasteiger partial charge in [-0.1, -0.05) is 11.3 Å². The molecular formula is C18H20N6S.